The summed E-state index contributed by atoms with van der Waals surface area (Å²) in [6.07, 6.45) is 6.06. The lowest BCUT2D eigenvalue weighted by atomic mass is 9.97. The van der Waals surface area contributed by atoms with Gasteiger partial charge in [0.15, 0.2) is 0 Å². The molecule has 3 atom stereocenters. The van der Waals surface area contributed by atoms with E-state index in [1.807, 2.05) is 56.3 Å². The van der Waals surface area contributed by atoms with E-state index in [4.69, 9.17) is 5.73 Å². The van der Waals surface area contributed by atoms with E-state index in [1.54, 1.807) is 27.9 Å². The van der Waals surface area contributed by atoms with Crippen molar-refractivity contribution in [2.75, 3.05) is 5.32 Å². The number of primary amides is 1. The molecule has 198 valence electrons. The maximum atomic E-state index is 13.8. The number of carbonyl (C=O) groups is 3. The van der Waals surface area contributed by atoms with Crippen molar-refractivity contribution in [3.05, 3.63) is 77.9 Å². The highest BCUT2D eigenvalue weighted by Gasteiger charge is 2.51. The fourth-order valence-corrected chi connectivity index (χ4v) is 6.17. The number of nitrogens with two attached hydrogens (primary N) is 1. The lowest BCUT2D eigenvalue weighted by Gasteiger charge is -2.34. The highest BCUT2D eigenvalue weighted by atomic mass is 16.2. The van der Waals surface area contributed by atoms with E-state index in [1.165, 1.54) is 0 Å². The highest BCUT2D eigenvalue weighted by molar-refractivity contribution is 6.07. The van der Waals surface area contributed by atoms with Crippen LogP contribution in [0, 0.1) is 19.8 Å². The number of aromatic nitrogens is 3. The lowest BCUT2D eigenvalue weighted by Crippen LogP contribution is -2.51. The number of rotatable bonds is 6. The van der Waals surface area contributed by atoms with Crippen molar-refractivity contribution in [1.29, 1.82) is 0 Å². The van der Waals surface area contributed by atoms with Crippen molar-refractivity contribution < 1.29 is 14.4 Å². The summed E-state index contributed by atoms with van der Waals surface area (Å²) >= 11 is 0. The standard InChI is InChI=1S/C30H30N6O3/c1-17-6-7-21(14-32-17)19-9-11-25-23(13-19)24(29(31)38)15-35(25)16-27(37)36-22-10-8-20(12-22)28(36)30(39)34-26-5-3-4-18(2)33-26/h3-7,9,11,13-15,20,22,28H,8,10,12,16H2,1-2H3,(H2,31,38)(H,33,34,39)/t20?,22?,28-/m0/s1. The van der Waals surface area contributed by atoms with E-state index in [0.717, 1.165) is 47.3 Å². The molecule has 2 unspecified atom stereocenters. The van der Waals surface area contributed by atoms with Gasteiger partial charge in [0.1, 0.15) is 18.4 Å². The number of aryl methyl sites for hydroxylation is 2. The van der Waals surface area contributed by atoms with Crippen molar-refractivity contribution in [2.24, 2.45) is 11.7 Å². The van der Waals surface area contributed by atoms with Crippen LogP contribution in [0.3, 0.4) is 0 Å². The van der Waals surface area contributed by atoms with Gasteiger partial charge in [-0.1, -0.05) is 18.2 Å². The summed E-state index contributed by atoms with van der Waals surface area (Å²) in [5.74, 6) is -0.317. The molecular weight excluding hydrogens is 492 g/mol. The molecule has 39 heavy (non-hydrogen) atoms. The van der Waals surface area contributed by atoms with Gasteiger partial charge in [-0.05, 0) is 74.9 Å². The van der Waals surface area contributed by atoms with Crippen LogP contribution < -0.4 is 11.1 Å². The number of pyridine rings is 2. The molecular formula is C30H30N6O3. The fraction of sp³-hybridized carbons (Fsp3) is 0.300. The predicted molar refractivity (Wildman–Crippen MR) is 148 cm³/mol. The summed E-state index contributed by atoms with van der Waals surface area (Å²) in [4.78, 5) is 50.0. The van der Waals surface area contributed by atoms with Crippen LogP contribution in [0.15, 0.2) is 60.9 Å². The summed E-state index contributed by atoms with van der Waals surface area (Å²) in [7, 11) is 0. The molecule has 0 radical (unpaired) electrons. The molecule has 9 heteroatoms. The van der Waals surface area contributed by atoms with Crippen LogP contribution in [0.25, 0.3) is 22.0 Å². The Labute approximate surface area is 226 Å². The minimum Gasteiger partial charge on any atom is -0.366 e. The minimum absolute atomic E-state index is 0.00487. The van der Waals surface area contributed by atoms with Crippen molar-refractivity contribution in [1.82, 2.24) is 19.4 Å². The molecule has 1 saturated heterocycles. The Morgan fingerprint density at radius 2 is 1.85 bits per heavy atom. The number of hydrogen-bond acceptors (Lipinski definition) is 5. The average Bonchev–Trinajstić information content (AvgIpc) is 3.62. The molecule has 3 amide bonds. The monoisotopic (exact) mass is 522 g/mol. The molecule has 3 N–H and O–H groups in total. The number of piperidine rings is 1. The van der Waals surface area contributed by atoms with E-state index in [9.17, 15) is 14.4 Å². The normalized spacial score (nSPS) is 19.9. The maximum Gasteiger partial charge on any atom is 0.250 e. The van der Waals surface area contributed by atoms with Crippen LogP contribution in [0.2, 0.25) is 0 Å². The van der Waals surface area contributed by atoms with Gasteiger partial charge in [0, 0.05) is 46.3 Å². The second-order valence-corrected chi connectivity index (χ2v) is 10.6. The summed E-state index contributed by atoms with van der Waals surface area (Å²) < 4.78 is 1.76. The minimum atomic E-state index is -0.562. The Hall–Kier alpha value is -4.53. The Bertz CT molecular complexity index is 1610. The van der Waals surface area contributed by atoms with Gasteiger partial charge in [-0.3, -0.25) is 19.4 Å². The van der Waals surface area contributed by atoms with Gasteiger partial charge < -0.3 is 20.5 Å². The van der Waals surface area contributed by atoms with Crippen LogP contribution in [0.4, 0.5) is 5.82 Å². The van der Waals surface area contributed by atoms with E-state index in [-0.39, 0.29) is 30.3 Å². The molecule has 9 nitrogen and oxygen atoms in total. The number of benzene rings is 1. The number of hydrogen-bond donors (Lipinski definition) is 2. The molecule has 2 bridgehead atoms. The van der Waals surface area contributed by atoms with E-state index >= 15 is 0 Å². The first-order valence-corrected chi connectivity index (χ1v) is 13.2. The maximum absolute atomic E-state index is 13.8. The molecule has 2 fully saturated rings. The zero-order chi connectivity index (χ0) is 27.3. The first-order valence-electron chi connectivity index (χ1n) is 13.2. The second kappa shape index (κ2) is 9.65. The van der Waals surface area contributed by atoms with Crippen molar-refractivity contribution >= 4 is 34.4 Å². The van der Waals surface area contributed by atoms with Gasteiger partial charge in [0.25, 0.3) is 5.91 Å². The molecule has 1 aromatic carbocycles. The summed E-state index contributed by atoms with van der Waals surface area (Å²) in [6, 6.07) is 14.6. The molecule has 4 aromatic rings. The number of anilines is 1. The van der Waals surface area contributed by atoms with Crippen molar-refractivity contribution in [2.45, 2.75) is 51.7 Å². The Morgan fingerprint density at radius 3 is 2.59 bits per heavy atom. The first-order chi connectivity index (χ1) is 18.8. The highest BCUT2D eigenvalue weighted by Crippen LogP contribution is 2.43. The van der Waals surface area contributed by atoms with Gasteiger partial charge in [-0.15, -0.1) is 0 Å². The molecule has 6 rings (SSSR count). The number of fused-ring (bicyclic) bond motifs is 3. The quantitative estimate of drug-likeness (QED) is 0.398. The van der Waals surface area contributed by atoms with E-state index in [0.29, 0.717) is 16.8 Å². The third kappa shape index (κ3) is 4.54. The average molecular weight is 523 g/mol. The Morgan fingerprint density at radius 1 is 1.03 bits per heavy atom. The predicted octanol–water partition coefficient (Wildman–Crippen LogP) is 3.83. The zero-order valence-corrected chi connectivity index (χ0v) is 21.9. The second-order valence-electron chi connectivity index (χ2n) is 10.6. The molecule has 3 aromatic heterocycles. The van der Waals surface area contributed by atoms with Gasteiger partial charge >= 0.3 is 0 Å². The van der Waals surface area contributed by atoms with Gasteiger partial charge in [-0.25, -0.2) is 4.98 Å². The summed E-state index contributed by atoms with van der Waals surface area (Å²) in [6.45, 7) is 3.80. The number of carbonyl (C=O) groups excluding carboxylic acids is 3. The summed E-state index contributed by atoms with van der Waals surface area (Å²) in [5.41, 5.74) is 10.4. The zero-order valence-electron chi connectivity index (χ0n) is 21.9. The molecule has 4 heterocycles. The molecule has 0 spiro atoms. The topological polar surface area (TPSA) is 123 Å². The molecule has 1 aliphatic carbocycles. The van der Waals surface area contributed by atoms with Crippen LogP contribution >= 0.6 is 0 Å². The Kier molecular flexibility index (Phi) is 6.13. The molecule has 2 aliphatic rings. The van der Waals surface area contributed by atoms with Crippen LogP contribution in [0.5, 0.6) is 0 Å². The van der Waals surface area contributed by atoms with E-state index in [2.05, 4.69) is 15.3 Å². The van der Waals surface area contributed by atoms with Crippen LogP contribution in [-0.2, 0) is 16.1 Å². The van der Waals surface area contributed by atoms with Crippen LogP contribution in [-0.4, -0.2) is 49.2 Å². The Balaban J connectivity index is 1.29. The fourth-order valence-electron chi connectivity index (χ4n) is 6.17. The number of nitrogens with one attached hydrogen (secondary N) is 1. The summed E-state index contributed by atoms with van der Waals surface area (Å²) in [5, 5.41) is 3.59. The number of nitrogens with zero attached hydrogens (tertiary/aromatic N) is 4. The van der Waals surface area contributed by atoms with Gasteiger partial charge in [0.2, 0.25) is 11.8 Å². The van der Waals surface area contributed by atoms with Crippen molar-refractivity contribution in [3.8, 4) is 11.1 Å². The van der Waals surface area contributed by atoms with Gasteiger partial charge in [-0.2, -0.15) is 0 Å². The number of amides is 3. The number of likely N-dealkylation sites (tertiary alicyclic amines) is 1. The van der Waals surface area contributed by atoms with E-state index < -0.39 is 11.9 Å². The van der Waals surface area contributed by atoms with Gasteiger partial charge in [0.05, 0.1) is 5.56 Å². The molecule has 1 aliphatic heterocycles. The molecule has 1 saturated carbocycles. The van der Waals surface area contributed by atoms with Crippen molar-refractivity contribution in [3.63, 3.8) is 0 Å². The lowest BCUT2D eigenvalue weighted by molar-refractivity contribution is -0.141. The largest absolute Gasteiger partial charge is 0.366 e. The smallest absolute Gasteiger partial charge is 0.250 e. The first kappa shape index (κ1) is 24.8. The van der Waals surface area contributed by atoms with Crippen LogP contribution in [0.1, 0.15) is 41.0 Å². The third-order valence-electron chi connectivity index (χ3n) is 7.98. The third-order valence-corrected chi connectivity index (χ3v) is 7.98. The SMILES string of the molecule is Cc1ccc(-c2ccc3c(c2)c(C(N)=O)cn3CC(=O)N2C3CCC(C3)[C@H]2C(=O)Nc2cccc(C)n2)cn1.